The van der Waals surface area contributed by atoms with Gasteiger partial charge in [0.1, 0.15) is 24.1 Å². The molecule has 1 atom stereocenters. The van der Waals surface area contributed by atoms with E-state index in [1.807, 2.05) is 44.2 Å². The zero-order valence-corrected chi connectivity index (χ0v) is 24.4. The molecule has 10 heteroatoms. The minimum atomic E-state index is -4.22. The molecular formula is C30H37N3O6S. The largest absolute Gasteiger partial charge is 0.497 e. The second kappa shape index (κ2) is 13.8. The van der Waals surface area contributed by atoms with Crippen molar-refractivity contribution in [1.29, 1.82) is 0 Å². The lowest BCUT2D eigenvalue weighted by atomic mass is 10.1. The summed E-state index contributed by atoms with van der Waals surface area (Å²) in [5.41, 5.74) is 1.20. The first-order valence-corrected chi connectivity index (χ1v) is 14.5. The first-order valence-electron chi connectivity index (χ1n) is 13.0. The van der Waals surface area contributed by atoms with Gasteiger partial charge in [-0.25, -0.2) is 8.42 Å². The molecule has 0 aliphatic heterocycles. The average Bonchev–Trinajstić information content (AvgIpc) is 2.96. The molecule has 0 fully saturated rings. The molecule has 3 rings (SSSR count). The Balaban J connectivity index is 2.02. The molecular weight excluding hydrogens is 530 g/mol. The Hall–Kier alpha value is -4.05. The normalized spacial score (nSPS) is 11.9. The van der Waals surface area contributed by atoms with Crippen molar-refractivity contribution in [3.8, 4) is 11.5 Å². The molecule has 0 bridgehead atoms. The lowest BCUT2D eigenvalue weighted by Crippen LogP contribution is -2.53. The SMILES string of the molecule is COc1ccc(S(=O)(=O)N(CC(=O)N(CCc2ccccc2)C(C)C(=O)NC(C)C)c2ccccc2OC)cc1. The standard InChI is InChI=1S/C30H37N3O6S/c1-22(2)31-30(35)23(3)32(20-19-24-11-7-6-8-12-24)29(34)21-33(27-13-9-10-14-28(27)39-5)40(36,37)26-17-15-25(38-4)16-18-26/h6-18,22-23H,19-21H2,1-5H3,(H,31,35). The maximum absolute atomic E-state index is 14.0. The van der Waals surface area contributed by atoms with E-state index < -0.39 is 28.5 Å². The summed E-state index contributed by atoms with van der Waals surface area (Å²) in [5, 5.41) is 2.85. The van der Waals surface area contributed by atoms with Crippen LogP contribution < -0.4 is 19.1 Å². The van der Waals surface area contributed by atoms with Crippen LogP contribution >= 0.6 is 0 Å². The summed E-state index contributed by atoms with van der Waals surface area (Å²) in [4.78, 5) is 28.3. The summed E-state index contributed by atoms with van der Waals surface area (Å²) in [7, 11) is -1.30. The molecule has 9 nitrogen and oxygen atoms in total. The van der Waals surface area contributed by atoms with Crippen molar-refractivity contribution in [2.75, 3.05) is 31.6 Å². The van der Waals surface area contributed by atoms with Crippen LogP contribution in [0.1, 0.15) is 26.3 Å². The molecule has 0 radical (unpaired) electrons. The van der Waals surface area contributed by atoms with Crippen LogP contribution in [-0.4, -0.2) is 64.5 Å². The van der Waals surface area contributed by atoms with E-state index in [1.54, 1.807) is 43.3 Å². The number of para-hydroxylation sites is 2. The number of amides is 2. The smallest absolute Gasteiger partial charge is 0.264 e. The molecule has 0 aliphatic rings. The molecule has 3 aromatic rings. The van der Waals surface area contributed by atoms with Crippen molar-refractivity contribution < 1.29 is 27.5 Å². The van der Waals surface area contributed by atoms with Gasteiger partial charge in [-0.05, 0) is 69.2 Å². The molecule has 40 heavy (non-hydrogen) atoms. The Bertz CT molecular complexity index is 1380. The first kappa shape index (κ1) is 30.5. The molecule has 0 spiro atoms. The van der Waals surface area contributed by atoms with E-state index in [-0.39, 0.29) is 34.8 Å². The predicted molar refractivity (Wildman–Crippen MR) is 155 cm³/mol. The Labute approximate surface area is 236 Å². The maximum atomic E-state index is 14.0. The van der Waals surface area contributed by atoms with Crippen LogP contribution in [0.4, 0.5) is 5.69 Å². The number of carbonyl (C=O) groups is 2. The van der Waals surface area contributed by atoms with Crippen LogP contribution in [0.3, 0.4) is 0 Å². The van der Waals surface area contributed by atoms with Gasteiger partial charge in [0.15, 0.2) is 0 Å². The number of nitrogens with one attached hydrogen (secondary N) is 1. The predicted octanol–water partition coefficient (Wildman–Crippen LogP) is 3.88. The van der Waals surface area contributed by atoms with Crippen LogP contribution in [0.5, 0.6) is 11.5 Å². The van der Waals surface area contributed by atoms with Crippen LogP contribution in [0.2, 0.25) is 0 Å². The summed E-state index contributed by atoms with van der Waals surface area (Å²) in [6.45, 7) is 5.00. The molecule has 0 heterocycles. The van der Waals surface area contributed by atoms with Crippen molar-refractivity contribution in [3.63, 3.8) is 0 Å². The number of benzene rings is 3. The highest BCUT2D eigenvalue weighted by atomic mass is 32.2. The molecule has 0 aromatic heterocycles. The van der Waals surface area contributed by atoms with Crippen molar-refractivity contribution in [2.45, 2.75) is 44.2 Å². The second-order valence-electron chi connectivity index (χ2n) is 9.52. The highest BCUT2D eigenvalue weighted by Crippen LogP contribution is 2.33. The van der Waals surface area contributed by atoms with Crippen molar-refractivity contribution in [2.24, 2.45) is 0 Å². The van der Waals surface area contributed by atoms with Gasteiger partial charge >= 0.3 is 0 Å². The molecule has 2 amide bonds. The molecule has 0 saturated carbocycles. The minimum absolute atomic E-state index is 0.0200. The lowest BCUT2D eigenvalue weighted by Gasteiger charge is -2.32. The van der Waals surface area contributed by atoms with E-state index in [1.165, 1.54) is 31.3 Å². The van der Waals surface area contributed by atoms with Gasteiger partial charge in [0.05, 0.1) is 24.8 Å². The number of anilines is 1. The Kier molecular flexibility index (Phi) is 10.6. The van der Waals surface area contributed by atoms with E-state index in [4.69, 9.17) is 9.47 Å². The van der Waals surface area contributed by atoms with E-state index in [0.29, 0.717) is 12.2 Å². The second-order valence-corrected chi connectivity index (χ2v) is 11.4. The van der Waals surface area contributed by atoms with Gasteiger partial charge in [-0.15, -0.1) is 0 Å². The molecule has 0 aliphatic carbocycles. The first-order chi connectivity index (χ1) is 19.1. The van der Waals surface area contributed by atoms with Crippen LogP contribution in [0.25, 0.3) is 0 Å². The van der Waals surface area contributed by atoms with Crippen molar-refractivity contribution in [1.82, 2.24) is 10.2 Å². The number of methoxy groups -OCH3 is 2. The van der Waals surface area contributed by atoms with Crippen LogP contribution in [-0.2, 0) is 26.0 Å². The number of rotatable bonds is 13. The number of hydrogen-bond acceptors (Lipinski definition) is 6. The summed E-state index contributed by atoms with van der Waals surface area (Å²) in [6, 6.07) is 21.2. The summed E-state index contributed by atoms with van der Waals surface area (Å²) in [5.74, 6) is -0.0617. The number of sulfonamides is 1. The highest BCUT2D eigenvalue weighted by Gasteiger charge is 2.33. The van der Waals surface area contributed by atoms with E-state index in [0.717, 1.165) is 9.87 Å². The zero-order valence-electron chi connectivity index (χ0n) is 23.5. The molecule has 3 aromatic carbocycles. The zero-order chi connectivity index (χ0) is 29.3. The highest BCUT2D eigenvalue weighted by molar-refractivity contribution is 7.92. The summed E-state index contributed by atoms with van der Waals surface area (Å²) >= 11 is 0. The van der Waals surface area contributed by atoms with Crippen LogP contribution in [0, 0.1) is 0 Å². The molecule has 0 saturated heterocycles. The fourth-order valence-electron chi connectivity index (χ4n) is 4.20. The van der Waals surface area contributed by atoms with Gasteiger partial charge < -0.3 is 19.7 Å². The molecule has 1 N–H and O–H groups in total. The fourth-order valence-corrected chi connectivity index (χ4v) is 5.62. The van der Waals surface area contributed by atoms with E-state index in [9.17, 15) is 18.0 Å². The Morgan fingerprint density at radius 2 is 1.48 bits per heavy atom. The number of nitrogens with zero attached hydrogens (tertiary/aromatic N) is 2. The topological polar surface area (TPSA) is 105 Å². The maximum Gasteiger partial charge on any atom is 0.264 e. The Morgan fingerprint density at radius 1 is 0.850 bits per heavy atom. The van der Waals surface area contributed by atoms with Gasteiger partial charge in [-0.1, -0.05) is 42.5 Å². The van der Waals surface area contributed by atoms with Gasteiger partial charge in [0.2, 0.25) is 11.8 Å². The number of ether oxygens (including phenoxy) is 2. The van der Waals surface area contributed by atoms with E-state index >= 15 is 0 Å². The summed E-state index contributed by atoms with van der Waals surface area (Å²) < 4.78 is 39.6. The van der Waals surface area contributed by atoms with Gasteiger partial charge in [0, 0.05) is 12.6 Å². The average molecular weight is 568 g/mol. The number of carbonyl (C=O) groups excluding carboxylic acids is 2. The quantitative estimate of drug-likeness (QED) is 0.336. The lowest BCUT2D eigenvalue weighted by molar-refractivity contribution is -0.139. The minimum Gasteiger partial charge on any atom is -0.497 e. The molecule has 214 valence electrons. The van der Waals surface area contributed by atoms with Gasteiger partial charge in [0.25, 0.3) is 10.0 Å². The fraction of sp³-hybridized carbons (Fsp3) is 0.333. The van der Waals surface area contributed by atoms with E-state index in [2.05, 4.69) is 5.32 Å². The molecule has 1 unspecified atom stereocenters. The van der Waals surface area contributed by atoms with Crippen molar-refractivity contribution >= 4 is 27.5 Å². The van der Waals surface area contributed by atoms with Crippen LogP contribution in [0.15, 0.2) is 83.8 Å². The third-order valence-corrected chi connectivity index (χ3v) is 8.14. The van der Waals surface area contributed by atoms with Gasteiger partial charge in [-0.3, -0.25) is 13.9 Å². The van der Waals surface area contributed by atoms with Crippen molar-refractivity contribution in [3.05, 3.63) is 84.4 Å². The third-order valence-electron chi connectivity index (χ3n) is 6.36. The monoisotopic (exact) mass is 567 g/mol. The number of hydrogen-bond donors (Lipinski definition) is 1. The van der Waals surface area contributed by atoms with Gasteiger partial charge in [-0.2, -0.15) is 0 Å². The third kappa shape index (κ3) is 7.53. The Morgan fingerprint density at radius 3 is 2.08 bits per heavy atom. The summed E-state index contributed by atoms with van der Waals surface area (Å²) in [6.07, 6.45) is 0.492.